The Kier molecular flexibility index (Phi) is 1.47. The van der Waals surface area contributed by atoms with E-state index in [0.717, 1.165) is 27.2 Å². The van der Waals surface area contributed by atoms with Crippen LogP contribution in [0.15, 0.2) is 59.5 Å². The summed E-state index contributed by atoms with van der Waals surface area (Å²) in [4.78, 5) is 12.4. The number of benzene rings is 2. The van der Waals surface area contributed by atoms with Crippen molar-refractivity contribution in [3.63, 3.8) is 0 Å². The maximum atomic E-state index is 12.4. The van der Waals surface area contributed by atoms with Crippen molar-refractivity contribution in [2.45, 2.75) is 0 Å². The van der Waals surface area contributed by atoms with Gasteiger partial charge in [0, 0.05) is 22.4 Å². The van der Waals surface area contributed by atoms with Gasteiger partial charge in [-0.25, -0.2) is 0 Å². The molecule has 0 fully saturated rings. The van der Waals surface area contributed by atoms with Gasteiger partial charge < -0.3 is 4.40 Å². The van der Waals surface area contributed by atoms with E-state index < -0.39 is 0 Å². The molecule has 0 unspecified atom stereocenters. The second-order valence-electron chi connectivity index (χ2n) is 4.28. The third-order valence-electron chi connectivity index (χ3n) is 3.36. The summed E-state index contributed by atoms with van der Waals surface area (Å²) in [7, 11) is 0. The van der Waals surface area contributed by atoms with Crippen LogP contribution in [-0.2, 0) is 0 Å². The van der Waals surface area contributed by atoms with E-state index in [1.807, 2.05) is 54.7 Å². The van der Waals surface area contributed by atoms with Crippen molar-refractivity contribution in [2.75, 3.05) is 0 Å². The molecule has 0 atom stereocenters. The average Bonchev–Trinajstić information content (AvgIpc) is 2.81. The van der Waals surface area contributed by atoms with Crippen LogP contribution in [0.3, 0.4) is 0 Å². The van der Waals surface area contributed by atoms with Gasteiger partial charge in [-0.1, -0.05) is 24.3 Å². The number of rotatable bonds is 0. The number of aromatic nitrogens is 1. The van der Waals surface area contributed by atoms with E-state index in [9.17, 15) is 4.79 Å². The highest BCUT2D eigenvalue weighted by molar-refractivity contribution is 6.02. The number of nitrogens with zero attached hydrogens (tertiary/aromatic N) is 1. The van der Waals surface area contributed by atoms with Gasteiger partial charge in [0.1, 0.15) is 0 Å². The van der Waals surface area contributed by atoms with Crippen LogP contribution in [0.2, 0.25) is 0 Å². The molecule has 0 saturated heterocycles. The number of hydrogen-bond donors (Lipinski definition) is 0. The molecule has 0 saturated carbocycles. The third-order valence-corrected chi connectivity index (χ3v) is 3.36. The topological polar surface area (TPSA) is 21.5 Å². The third kappa shape index (κ3) is 0.972. The van der Waals surface area contributed by atoms with E-state index in [2.05, 4.69) is 4.40 Å². The fourth-order valence-electron chi connectivity index (χ4n) is 2.60. The quantitative estimate of drug-likeness (QED) is 0.416. The van der Waals surface area contributed by atoms with Crippen molar-refractivity contribution in [3.05, 3.63) is 65.0 Å². The molecule has 2 heterocycles. The highest BCUT2D eigenvalue weighted by Gasteiger charge is 2.10. The van der Waals surface area contributed by atoms with Crippen molar-refractivity contribution in [1.82, 2.24) is 4.40 Å². The van der Waals surface area contributed by atoms with Crippen molar-refractivity contribution >= 4 is 27.2 Å². The zero-order valence-corrected chi connectivity index (χ0v) is 9.05. The van der Waals surface area contributed by atoms with Gasteiger partial charge in [0.05, 0.1) is 11.0 Å². The molecule has 4 rings (SSSR count). The Labute approximate surface area is 97.1 Å². The first kappa shape index (κ1) is 8.76. The molecule has 0 spiro atoms. The number of pyridine rings is 1. The summed E-state index contributed by atoms with van der Waals surface area (Å²) in [6.07, 6.45) is 2.03. The monoisotopic (exact) mass is 219 g/mol. The van der Waals surface area contributed by atoms with Crippen molar-refractivity contribution in [1.29, 1.82) is 0 Å². The highest BCUT2D eigenvalue weighted by Crippen LogP contribution is 2.23. The molecule has 2 nitrogen and oxygen atoms in total. The van der Waals surface area contributed by atoms with E-state index in [1.165, 1.54) is 0 Å². The van der Waals surface area contributed by atoms with Crippen LogP contribution in [0, 0.1) is 0 Å². The maximum absolute atomic E-state index is 12.4. The SMILES string of the molecule is O=c1c2ccccc2n2ccc3cccc1c32. The number of para-hydroxylation sites is 2. The Morgan fingerprint density at radius 1 is 0.824 bits per heavy atom. The van der Waals surface area contributed by atoms with Gasteiger partial charge in [-0.2, -0.15) is 0 Å². The molecule has 4 aromatic rings. The van der Waals surface area contributed by atoms with E-state index in [0.29, 0.717) is 0 Å². The van der Waals surface area contributed by atoms with Crippen LogP contribution < -0.4 is 5.43 Å². The molecule has 2 aromatic heterocycles. The predicted molar refractivity (Wildman–Crippen MR) is 69.9 cm³/mol. The average molecular weight is 219 g/mol. The summed E-state index contributed by atoms with van der Waals surface area (Å²) in [5.74, 6) is 0. The Morgan fingerprint density at radius 3 is 2.59 bits per heavy atom. The fourth-order valence-corrected chi connectivity index (χ4v) is 2.60. The molecule has 0 aliphatic heterocycles. The normalized spacial score (nSPS) is 11.8. The zero-order valence-electron chi connectivity index (χ0n) is 9.05. The standard InChI is InChI=1S/C15H9NO/c17-15-11-5-1-2-7-13(11)16-9-8-10-4-3-6-12(15)14(10)16/h1-9H. The van der Waals surface area contributed by atoms with Crippen LogP contribution in [0.1, 0.15) is 0 Å². The predicted octanol–water partition coefficient (Wildman–Crippen LogP) is 3.04. The molecule has 0 N–H and O–H groups in total. The molecule has 0 aliphatic carbocycles. The zero-order chi connectivity index (χ0) is 11.4. The lowest BCUT2D eigenvalue weighted by Gasteiger charge is -2.05. The van der Waals surface area contributed by atoms with Gasteiger partial charge in [-0.3, -0.25) is 4.79 Å². The summed E-state index contributed by atoms with van der Waals surface area (Å²) in [6, 6.07) is 15.7. The molecular weight excluding hydrogens is 210 g/mol. The molecule has 0 amide bonds. The van der Waals surface area contributed by atoms with Crippen LogP contribution >= 0.6 is 0 Å². The minimum Gasteiger partial charge on any atom is -0.315 e. The Hall–Kier alpha value is -2.35. The van der Waals surface area contributed by atoms with E-state index in [-0.39, 0.29) is 5.43 Å². The summed E-state index contributed by atoms with van der Waals surface area (Å²) in [5, 5.41) is 2.69. The molecule has 17 heavy (non-hydrogen) atoms. The largest absolute Gasteiger partial charge is 0.315 e. The maximum Gasteiger partial charge on any atom is 0.197 e. The Morgan fingerprint density at radius 2 is 1.65 bits per heavy atom. The van der Waals surface area contributed by atoms with Crippen molar-refractivity contribution in [2.24, 2.45) is 0 Å². The molecular formula is C15H9NO. The minimum atomic E-state index is 0.123. The smallest absolute Gasteiger partial charge is 0.197 e. The highest BCUT2D eigenvalue weighted by atomic mass is 16.1. The lowest BCUT2D eigenvalue weighted by molar-refractivity contribution is 1.28. The van der Waals surface area contributed by atoms with Gasteiger partial charge in [0.25, 0.3) is 0 Å². The fraction of sp³-hybridized carbons (Fsp3) is 0. The molecule has 2 aromatic carbocycles. The molecule has 80 valence electrons. The van der Waals surface area contributed by atoms with Gasteiger partial charge in [-0.05, 0) is 24.3 Å². The van der Waals surface area contributed by atoms with Gasteiger partial charge in [-0.15, -0.1) is 0 Å². The van der Waals surface area contributed by atoms with Gasteiger partial charge >= 0.3 is 0 Å². The molecule has 0 bridgehead atoms. The van der Waals surface area contributed by atoms with Crippen molar-refractivity contribution < 1.29 is 0 Å². The van der Waals surface area contributed by atoms with E-state index in [1.54, 1.807) is 0 Å². The number of fused-ring (bicyclic) bond motifs is 2. The summed E-state index contributed by atoms with van der Waals surface area (Å²) >= 11 is 0. The summed E-state index contributed by atoms with van der Waals surface area (Å²) < 4.78 is 2.10. The summed E-state index contributed by atoms with van der Waals surface area (Å²) in [6.45, 7) is 0. The molecule has 2 heteroatoms. The van der Waals surface area contributed by atoms with Crippen molar-refractivity contribution in [3.8, 4) is 0 Å². The molecule has 0 radical (unpaired) electrons. The van der Waals surface area contributed by atoms with E-state index >= 15 is 0 Å². The minimum absolute atomic E-state index is 0.123. The Balaban J connectivity index is 2.53. The first-order chi connectivity index (χ1) is 8.36. The van der Waals surface area contributed by atoms with Crippen LogP contribution in [0.4, 0.5) is 0 Å². The summed E-state index contributed by atoms with van der Waals surface area (Å²) in [5.41, 5.74) is 2.12. The first-order valence-corrected chi connectivity index (χ1v) is 5.60. The first-order valence-electron chi connectivity index (χ1n) is 5.60. The number of hydrogen-bond acceptors (Lipinski definition) is 1. The lowest BCUT2D eigenvalue weighted by Crippen LogP contribution is -2.05. The van der Waals surface area contributed by atoms with Crippen LogP contribution in [0.25, 0.3) is 27.2 Å². The van der Waals surface area contributed by atoms with Crippen LogP contribution in [0.5, 0.6) is 0 Å². The second-order valence-corrected chi connectivity index (χ2v) is 4.28. The lowest BCUT2D eigenvalue weighted by atomic mass is 10.1. The molecule has 0 aliphatic rings. The van der Waals surface area contributed by atoms with Gasteiger partial charge in [0.15, 0.2) is 5.43 Å². The second kappa shape index (κ2) is 2.86. The van der Waals surface area contributed by atoms with E-state index in [4.69, 9.17) is 0 Å². The Bertz CT molecular complexity index is 905. The van der Waals surface area contributed by atoms with Crippen LogP contribution in [-0.4, -0.2) is 4.40 Å². The van der Waals surface area contributed by atoms with Gasteiger partial charge in [0.2, 0.25) is 0 Å².